The van der Waals surface area contributed by atoms with Crippen LogP contribution in [0.4, 0.5) is 5.69 Å². The van der Waals surface area contributed by atoms with Gasteiger partial charge >= 0.3 is 0 Å². The summed E-state index contributed by atoms with van der Waals surface area (Å²) in [5, 5.41) is 0. The van der Waals surface area contributed by atoms with E-state index in [0.717, 1.165) is 28.5 Å². The summed E-state index contributed by atoms with van der Waals surface area (Å²) >= 11 is 0. The van der Waals surface area contributed by atoms with E-state index in [1.807, 2.05) is 68.5 Å². The molecule has 2 aromatic rings. The molecule has 136 valence electrons. The SMILES string of the molecule is CCOC(C)=Cc1ccc(OCCN2C(=O)COc3ccccc32)cc1. The number of allylic oxidation sites excluding steroid dienone is 1. The molecule has 26 heavy (non-hydrogen) atoms. The highest BCUT2D eigenvalue weighted by Crippen LogP contribution is 2.31. The number of ether oxygens (including phenoxy) is 3. The molecule has 0 radical (unpaired) electrons. The molecule has 1 aliphatic rings. The zero-order chi connectivity index (χ0) is 18.4. The second-order valence-corrected chi connectivity index (χ2v) is 5.91. The highest BCUT2D eigenvalue weighted by atomic mass is 16.5. The number of hydrogen-bond acceptors (Lipinski definition) is 4. The maximum atomic E-state index is 12.1. The summed E-state index contributed by atoms with van der Waals surface area (Å²) in [6.07, 6.45) is 1.98. The van der Waals surface area contributed by atoms with E-state index in [2.05, 4.69) is 0 Å². The molecule has 1 aliphatic heterocycles. The summed E-state index contributed by atoms with van der Waals surface area (Å²) in [7, 11) is 0. The van der Waals surface area contributed by atoms with Crippen molar-refractivity contribution >= 4 is 17.7 Å². The molecule has 0 unspecified atom stereocenters. The molecule has 5 heteroatoms. The third-order valence-corrected chi connectivity index (χ3v) is 4.01. The fraction of sp³-hybridized carbons (Fsp3) is 0.286. The first kappa shape index (κ1) is 17.9. The monoisotopic (exact) mass is 353 g/mol. The van der Waals surface area contributed by atoms with Gasteiger partial charge in [0, 0.05) is 0 Å². The first-order valence-electron chi connectivity index (χ1n) is 8.73. The smallest absolute Gasteiger partial charge is 0.265 e. The number of anilines is 1. The lowest BCUT2D eigenvalue weighted by Gasteiger charge is -2.29. The van der Waals surface area contributed by atoms with Gasteiger partial charge in [-0.2, -0.15) is 0 Å². The number of carbonyl (C=O) groups is 1. The Hall–Kier alpha value is -2.95. The van der Waals surface area contributed by atoms with E-state index in [1.165, 1.54) is 0 Å². The van der Waals surface area contributed by atoms with E-state index >= 15 is 0 Å². The van der Waals surface area contributed by atoms with E-state index < -0.39 is 0 Å². The van der Waals surface area contributed by atoms with Gasteiger partial charge in [-0.1, -0.05) is 24.3 Å². The van der Waals surface area contributed by atoms with Crippen molar-refractivity contribution in [3.05, 3.63) is 59.9 Å². The predicted molar refractivity (Wildman–Crippen MR) is 102 cm³/mol. The first-order valence-corrected chi connectivity index (χ1v) is 8.73. The van der Waals surface area contributed by atoms with E-state index in [4.69, 9.17) is 14.2 Å². The number of fused-ring (bicyclic) bond motifs is 1. The molecule has 0 bridgehead atoms. The number of amides is 1. The Bertz CT molecular complexity index is 783. The fourth-order valence-electron chi connectivity index (χ4n) is 2.82. The number of nitrogens with zero attached hydrogens (tertiary/aromatic N) is 1. The maximum Gasteiger partial charge on any atom is 0.265 e. The van der Waals surface area contributed by atoms with Crippen LogP contribution in [0, 0.1) is 0 Å². The predicted octanol–water partition coefficient (Wildman–Crippen LogP) is 3.89. The number of rotatable bonds is 7. The normalized spacial score (nSPS) is 13.8. The first-order chi connectivity index (χ1) is 12.7. The van der Waals surface area contributed by atoms with Crippen molar-refractivity contribution in [2.24, 2.45) is 0 Å². The highest BCUT2D eigenvalue weighted by molar-refractivity contribution is 5.97. The molecule has 5 nitrogen and oxygen atoms in total. The van der Waals surface area contributed by atoms with Crippen LogP contribution < -0.4 is 14.4 Å². The molecule has 0 N–H and O–H groups in total. The van der Waals surface area contributed by atoms with Gasteiger partial charge in [0.05, 0.1) is 24.6 Å². The molecule has 2 aromatic carbocycles. The summed E-state index contributed by atoms with van der Waals surface area (Å²) in [6, 6.07) is 15.3. The minimum atomic E-state index is -0.0563. The number of benzene rings is 2. The molecular formula is C21H23NO4. The van der Waals surface area contributed by atoms with Crippen LogP contribution in [0.25, 0.3) is 6.08 Å². The minimum absolute atomic E-state index is 0.0563. The Morgan fingerprint density at radius 3 is 2.73 bits per heavy atom. The lowest BCUT2D eigenvalue weighted by Crippen LogP contribution is -2.41. The third kappa shape index (κ3) is 4.36. The van der Waals surface area contributed by atoms with Crippen LogP contribution in [0.1, 0.15) is 19.4 Å². The van der Waals surface area contributed by atoms with Crippen molar-refractivity contribution in [3.63, 3.8) is 0 Å². The van der Waals surface area contributed by atoms with Crippen LogP contribution in [-0.4, -0.2) is 32.3 Å². The number of carbonyl (C=O) groups excluding carboxylic acids is 1. The summed E-state index contributed by atoms with van der Waals surface area (Å²) < 4.78 is 16.7. The second kappa shape index (κ2) is 8.43. The Kier molecular flexibility index (Phi) is 5.79. The Balaban J connectivity index is 1.57. The molecule has 0 saturated heterocycles. The largest absolute Gasteiger partial charge is 0.499 e. The number of para-hydroxylation sites is 2. The maximum absolute atomic E-state index is 12.1. The third-order valence-electron chi connectivity index (χ3n) is 4.01. The Morgan fingerprint density at radius 1 is 1.19 bits per heavy atom. The molecule has 0 atom stereocenters. The lowest BCUT2D eigenvalue weighted by atomic mass is 10.2. The van der Waals surface area contributed by atoms with Crippen molar-refractivity contribution in [1.82, 2.24) is 0 Å². The van der Waals surface area contributed by atoms with Gasteiger partial charge in [0.15, 0.2) is 6.61 Å². The van der Waals surface area contributed by atoms with Crippen molar-refractivity contribution in [1.29, 1.82) is 0 Å². The summed E-state index contributed by atoms with van der Waals surface area (Å²) in [5.74, 6) is 2.32. The second-order valence-electron chi connectivity index (χ2n) is 5.91. The minimum Gasteiger partial charge on any atom is -0.499 e. The van der Waals surface area contributed by atoms with Gasteiger partial charge in [-0.05, 0) is 49.8 Å². The summed E-state index contributed by atoms with van der Waals surface area (Å²) in [5.41, 5.74) is 1.85. The summed E-state index contributed by atoms with van der Waals surface area (Å²) in [6.45, 7) is 5.51. The van der Waals surface area contributed by atoms with Crippen molar-refractivity contribution in [3.8, 4) is 11.5 Å². The van der Waals surface area contributed by atoms with Crippen LogP contribution in [-0.2, 0) is 9.53 Å². The van der Waals surface area contributed by atoms with Crippen molar-refractivity contribution < 1.29 is 19.0 Å². The quantitative estimate of drug-likeness (QED) is 0.709. The van der Waals surface area contributed by atoms with Gasteiger partial charge in [-0.3, -0.25) is 4.79 Å². The van der Waals surface area contributed by atoms with Crippen LogP contribution in [0.2, 0.25) is 0 Å². The Morgan fingerprint density at radius 2 is 1.96 bits per heavy atom. The van der Waals surface area contributed by atoms with Crippen molar-refractivity contribution in [2.45, 2.75) is 13.8 Å². The van der Waals surface area contributed by atoms with E-state index in [9.17, 15) is 4.79 Å². The highest BCUT2D eigenvalue weighted by Gasteiger charge is 2.24. The zero-order valence-corrected chi connectivity index (χ0v) is 15.1. The van der Waals surface area contributed by atoms with Gasteiger partial charge in [0.25, 0.3) is 5.91 Å². The lowest BCUT2D eigenvalue weighted by molar-refractivity contribution is -0.121. The molecule has 0 saturated carbocycles. The summed E-state index contributed by atoms with van der Waals surface area (Å²) in [4.78, 5) is 13.8. The zero-order valence-electron chi connectivity index (χ0n) is 15.1. The van der Waals surface area contributed by atoms with Gasteiger partial charge in [0.2, 0.25) is 0 Å². The van der Waals surface area contributed by atoms with Crippen LogP contribution in [0.5, 0.6) is 11.5 Å². The Labute approximate surface area is 153 Å². The molecule has 3 rings (SSSR count). The van der Waals surface area contributed by atoms with E-state index in [0.29, 0.717) is 19.8 Å². The van der Waals surface area contributed by atoms with E-state index in [-0.39, 0.29) is 12.5 Å². The van der Waals surface area contributed by atoms with Gasteiger partial charge < -0.3 is 19.1 Å². The molecule has 0 aromatic heterocycles. The van der Waals surface area contributed by atoms with Gasteiger partial charge in [-0.25, -0.2) is 0 Å². The van der Waals surface area contributed by atoms with Gasteiger partial charge in [-0.15, -0.1) is 0 Å². The van der Waals surface area contributed by atoms with Gasteiger partial charge in [0.1, 0.15) is 18.1 Å². The molecule has 0 aliphatic carbocycles. The topological polar surface area (TPSA) is 48.0 Å². The van der Waals surface area contributed by atoms with E-state index in [1.54, 1.807) is 4.90 Å². The molecule has 1 amide bonds. The van der Waals surface area contributed by atoms with Crippen LogP contribution in [0.15, 0.2) is 54.3 Å². The average molecular weight is 353 g/mol. The van der Waals surface area contributed by atoms with Crippen molar-refractivity contribution in [2.75, 3.05) is 31.3 Å². The average Bonchev–Trinajstić information content (AvgIpc) is 2.65. The molecule has 0 spiro atoms. The fourth-order valence-corrected chi connectivity index (χ4v) is 2.82. The standard InChI is InChI=1S/C21H23NO4/c1-3-24-16(2)14-17-8-10-18(11-9-17)25-13-12-22-19-6-4-5-7-20(19)26-15-21(22)23/h4-11,14H,3,12-13,15H2,1-2H3. The molecular weight excluding hydrogens is 330 g/mol. The molecule has 1 heterocycles. The van der Waals surface area contributed by atoms with Crippen LogP contribution in [0.3, 0.4) is 0 Å². The molecule has 0 fully saturated rings. The number of hydrogen-bond donors (Lipinski definition) is 0. The van der Waals surface area contributed by atoms with Crippen LogP contribution >= 0.6 is 0 Å².